The van der Waals surface area contributed by atoms with Crippen molar-refractivity contribution in [1.29, 1.82) is 0 Å². The van der Waals surface area contributed by atoms with Crippen molar-refractivity contribution in [3.8, 4) is 0 Å². The summed E-state index contributed by atoms with van der Waals surface area (Å²) in [4.78, 5) is 34.2. The second-order valence-electron chi connectivity index (χ2n) is 6.27. The molecular formula is C17H22N2O5. The van der Waals surface area contributed by atoms with Crippen molar-refractivity contribution in [3.05, 3.63) is 39.4 Å². The standard InChI is InChI=1S/C17H22N2O5/c1-11-5-3-4-6-14(11)18-16(20)10-24-17(21)13-7-8-15(19(22)23)12(2)9-13/h7-9,11,14H,3-6,10H2,1-2H3,(H,18,20)/t11-,14+/m0/s1. The van der Waals surface area contributed by atoms with Gasteiger partial charge in [-0.3, -0.25) is 14.9 Å². The number of nitro benzene ring substituents is 1. The van der Waals surface area contributed by atoms with Crippen molar-refractivity contribution in [3.63, 3.8) is 0 Å². The highest BCUT2D eigenvalue weighted by Gasteiger charge is 2.23. The minimum Gasteiger partial charge on any atom is -0.452 e. The van der Waals surface area contributed by atoms with E-state index in [1.807, 2.05) is 0 Å². The van der Waals surface area contributed by atoms with E-state index in [0.29, 0.717) is 11.5 Å². The topological polar surface area (TPSA) is 98.5 Å². The molecule has 1 saturated carbocycles. The lowest BCUT2D eigenvalue weighted by atomic mass is 9.86. The van der Waals surface area contributed by atoms with Crippen LogP contribution in [0.1, 0.15) is 48.5 Å². The summed E-state index contributed by atoms with van der Waals surface area (Å²) in [7, 11) is 0. The van der Waals surface area contributed by atoms with Crippen LogP contribution in [-0.2, 0) is 9.53 Å². The molecule has 7 nitrogen and oxygen atoms in total. The molecule has 24 heavy (non-hydrogen) atoms. The third-order valence-corrected chi connectivity index (χ3v) is 4.42. The van der Waals surface area contributed by atoms with E-state index in [-0.39, 0.29) is 29.8 Å². The number of amides is 1. The number of carbonyl (C=O) groups excluding carboxylic acids is 2. The van der Waals surface area contributed by atoms with Gasteiger partial charge in [0.1, 0.15) is 0 Å². The maximum absolute atomic E-state index is 12.0. The van der Waals surface area contributed by atoms with Gasteiger partial charge in [-0.25, -0.2) is 4.79 Å². The Morgan fingerprint density at radius 1 is 1.33 bits per heavy atom. The smallest absolute Gasteiger partial charge is 0.338 e. The Labute approximate surface area is 140 Å². The number of rotatable bonds is 5. The second kappa shape index (κ2) is 7.90. The molecule has 0 unspecified atom stereocenters. The lowest BCUT2D eigenvalue weighted by molar-refractivity contribution is -0.385. The summed E-state index contributed by atoms with van der Waals surface area (Å²) < 4.78 is 5.00. The number of hydrogen-bond acceptors (Lipinski definition) is 5. The molecule has 2 atom stereocenters. The predicted molar refractivity (Wildman–Crippen MR) is 87.7 cm³/mol. The molecule has 130 valence electrons. The number of nitro groups is 1. The molecule has 7 heteroatoms. The highest BCUT2D eigenvalue weighted by Crippen LogP contribution is 2.23. The van der Waals surface area contributed by atoms with Crippen molar-refractivity contribution >= 4 is 17.6 Å². The van der Waals surface area contributed by atoms with Crippen LogP contribution < -0.4 is 5.32 Å². The van der Waals surface area contributed by atoms with Crippen LogP contribution in [0.25, 0.3) is 0 Å². The number of nitrogens with zero attached hydrogens (tertiary/aromatic N) is 1. The third kappa shape index (κ3) is 4.53. The zero-order valence-corrected chi connectivity index (χ0v) is 13.9. The summed E-state index contributed by atoms with van der Waals surface area (Å²) >= 11 is 0. The second-order valence-corrected chi connectivity index (χ2v) is 6.27. The van der Waals surface area contributed by atoms with Crippen LogP contribution in [0, 0.1) is 23.0 Å². The van der Waals surface area contributed by atoms with E-state index < -0.39 is 10.9 Å². The number of benzene rings is 1. The maximum Gasteiger partial charge on any atom is 0.338 e. The normalized spacial score (nSPS) is 20.2. The highest BCUT2D eigenvalue weighted by atomic mass is 16.6. The van der Waals surface area contributed by atoms with Crippen molar-refractivity contribution in [2.75, 3.05) is 6.61 Å². The number of ether oxygens (including phenoxy) is 1. The first-order chi connectivity index (χ1) is 11.4. The molecule has 0 radical (unpaired) electrons. The minimum atomic E-state index is -0.667. The fraction of sp³-hybridized carbons (Fsp3) is 0.529. The predicted octanol–water partition coefficient (Wildman–Crippen LogP) is 2.75. The van der Waals surface area contributed by atoms with Crippen LogP contribution >= 0.6 is 0 Å². The molecule has 2 rings (SSSR count). The molecule has 1 aliphatic carbocycles. The van der Waals surface area contributed by atoms with Crippen molar-refractivity contribution in [2.45, 2.75) is 45.6 Å². The molecule has 0 bridgehead atoms. The van der Waals surface area contributed by atoms with Gasteiger partial charge in [0.2, 0.25) is 0 Å². The van der Waals surface area contributed by atoms with Crippen LogP contribution in [0.5, 0.6) is 0 Å². The maximum atomic E-state index is 12.0. The largest absolute Gasteiger partial charge is 0.452 e. The van der Waals surface area contributed by atoms with E-state index in [2.05, 4.69) is 12.2 Å². The van der Waals surface area contributed by atoms with Crippen LogP contribution in [0.15, 0.2) is 18.2 Å². The molecule has 1 aromatic carbocycles. The molecule has 0 aromatic heterocycles. The Bertz CT molecular complexity index is 644. The number of nitrogens with one attached hydrogen (secondary N) is 1. The van der Waals surface area contributed by atoms with E-state index in [9.17, 15) is 19.7 Å². The molecule has 1 aliphatic rings. The summed E-state index contributed by atoms with van der Waals surface area (Å²) in [5.74, 6) is -0.559. The fourth-order valence-corrected chi connectivity index (χ4v) is 2.98. The molecule has 1 aromatic rings. The van der Waals surface area contributed by atoms with Crippen LogP contribution in [-0.4, -0.2) is 29.4 Å². The van der Waals surface area contributed by atoms with Crippen molar-refractivity contribution < 1.29 is 19.2 Å². The number of esters is 1. The van der Waals surface area contributed by atoms with Gasteiger partial charge in [0.15, 0.2) is 6.61 Å². The number of aryl methyl sites for hydroxylation is 1. The van der Waals surface area contributed by atoms with Gasteiger partial charge in [0.25, 0.3) is 11.6 Å². The van der Waals surface area contributed by atoms with E-state index in [0.717, 1.165) is 19.3 Å². The van der Waals surface area contributed by atoms with E-state index in [1.54, 1.807) is 6.92 Å². The molecule has 1 fully saturated rings. The van der Waals surface area contributed by atoms with E-state index in [1.165, 1.54) is 24.6 Å². The van der Waals surface area contributed by atoms with Crippen LogP contribution in [0.4, 0.5) is 5.69 Å². The Morgan fingerprint density at radius 3 is 2.67 bits per heavy atom. The van der Waals surface area contributed by atoms with Gasteiger partial charge in [-0.15, -0.1) is 0 Å². The molecular weight excluding hydrogens is 312 g/mol. The van der Waals surface area contributed by atoms with Gasteiger partial charge < -0.3 is 10.1 Å². The summed E-state index contributed by atoms with van der Waals surface area (Å²) in [5.41, 5.74) is 0.502. The average molecular weight is 334 g/mol. The Balaban J connectivity index is 1.87. The zero-order valence-electron chi connectivity index (χ0n) is 13.9. The third-order valence-electron chi connectivity index (χ3n) is 4.42. The van der Waals surface area contributed by atoms with Gasteiger partial charge in [-0.05, 0) is 37.8 Å². The molecule has 1 N–H and O–H groups in total. The van der Waals surface area contributed by atoms with Crippen LogP contribution in [0.2, 0.25) is 0 Å². The number of carbonyl (C=O) groups is 2. The van der Waals surface area contributed by atoms with E-state index in [4.69, 9.17) is 4.74 Å². The Hall–Kier alpha value is -2.44. The van der Waals surface area contributed by atoms with Gasteiger partial charge in [0.05, 0.1) is 10.5 Å². The molecule has 0 aliphatic heterocycles. The molecule has 0 spiro atoms. The summed E-state index contributed by atoms with van der Waals surface area (Å²) in [5, 5.41) is 13.7. The first-order valence-electron chi connectivity index (χ1n) is 8.10. The molecule has 0 saturated heterocycles. The van der Waals surface area contributed by atoms with Gasteiger partial charge in [-0.2, -0.15) is 0 Å². The van der Waals surface area contributed by atoms with Gasteiger partial charge >= 0.3 is 5.97 Å². The lowest BCUT2D eigenvalue weighted by Crippen LogP contribution is -2.42. The van der Waals surface area contributed by atoms with Crippen molar-refractivity contribution in [2.24, 2.45) is 5.92 Å². The molecule has 0 heterocycles. The first-order valence-corrected chi connectivity index (χ1v) is 8.10. The summed E-state index contributed by atoms with van der Waals surface area (Å²) in [6.07, 6.45) is 4.31. The highest BCUT2D eigenvalue weighted by molar-refractivity contribution is 5.91. The SMILES string of the molecule is Cc1cc(C(=O)OCC(=O)N[C@@H]2CCCC[C@@H]2C)ccc1[N+](=O)[O-]. The van der Waals surface area contributed by atoms with Gasteiger partial charge in [0, 0.05) is 17.7 Å². The fourth-order valence-electron chi connectivity index (χ4n) is 2.98. The van der Waals surface area contributed by atoms with E-state index >= 15 is 0 Å². The average Bonchev–Trinajstić information content (AvgIpc) is 2.54. The van der Waals surface area contributed by atoms with Crippen LogP contribution in [0.3, 0.4) is 0 Å². The Morgan fingerprint density at radius 2 is 2.04 bits per heavy atom. The number of hydrogen-bond donors (Lipinski definition) is 1. The monoisotopic (exact) mass is 334 g/mol. The summed E-state index contributed by atoms with van der Waals surface area (Å²) in [6, 6.07) is 4.11. The van der Waals surface area contributed by atoms with Gasteiger partial charge in [-0.1, -0.05) is 19.8 Å². The summed E-state index contributed by atoms with van der Waals surface area (Å²) in [6.45, 7) is 3.31. The first kappa shape index (κ1) is 17.9. The quantitative estimate of drug-likeness (QED) is 0.507. The Kier molecular flexibility index (Phi) is 5.89. The van der Waals surface area contributed by atoms with Crippen molar-refractivity contribution in [1.82, 2.24) is 5.32 Å². The zero-order chi connectivity index (χ0) is 17.7. The minimum absolute atomic E-state index is 0.0596. The molecule has 1 amide bonds. The lowest BCUT2D eigenvalue weighted by Gasteiger charge is -2.29.